The third-order valence-corrected chi connectivity index (χ3v) is 9.80. The second kappa shape index (κ2) is 14.7. The van der Waals surface area contributed by atoms with E-state index >= 15 is 0 Å². The van der Waals surface area contributed by atoms with Crippen molar-refractivity contribution in [2.24, 2.45) is 5.92 Å². The molecule has 2 aliphatic rings. The number of amides is 1. The Morgan fingerprint density at radius 1 is 1.02 bits per heavy atom. The van der Waals surface area contributed by atoms with E-state index in [1.165, 1.54) is 28.8 Å². The molecule has 2 aliphatic heterocycles. The second-order valence-corrected chi connectivity index (χ2v) is 13.6. The lowest BCUT2D eigenvalue weighted by molar-refractivity contribution is -0.132. The van der Waals surface area contributed by atoms with Crippen molar-refractivity contribution in [1.29, 1.82) is 0 Å². The molecule has 4 aromatic rings. The number of ether oxygens (including phenoxy) is 4. The van der Waals surface area contributed by atoms with Crippen molar-refractivity contribution < 1.29 is 38.0 Å². The summed E-state index contributed by atoms with van der Waals surface area (Å²) in [5.41, 5.74) is 1.55. The highest BCUT2D eigenvalue weighted by Crippen LogP contribution is 2.46. The predicted molar refractivity (Wildman–Crippen MR) is 181 cm³/mol. The van der Waals surface area contributed by atoms with Crippen LogP contribution in [0, 0.1) is 11.7 Å². The lowest BCUT2D eigenvalue weighted by Gasteiger charge is -2.24. The first-order valence-electron chi connectivity index (χ1n) is 15.5. The number of hydrogen-bond acceptors (Lipinski definition) is 11. The molecule has 0 unspecified atom stereocenters. The number of hydrogen-bond donors (Lipinski definition) is 1. The van der Waals surface area contributed by atoms with Crippen LogP contribution in [0.5, 0.6) is 23.0 Å². The molecule has 3 heterocycles. The number of carbonyl (C=O) groups is 2. The smallest absolute Gasteiger partial charge is 0.301 e. The fourth-order valence-electron chi connectivity index (χ4n) is 5.26. The normalized spacial score (nSPS) is 16.9. The number of halogens is 1. The van der Waals surface area contributed by atoms with Gasteiger partial charge in [0.05, 0.1) is 24.8 Å². The van der Waals surface area contributed by atoms with Crippen LogP contribution in [0.15, 0.2) is 70.6 Å². The average molecular weight is 692 g/mol. The summed E-state index contributed by atoms with van der Waals surface area (Å²) < 4.78 is 37.2. The van der Waals surface area contributed by atoms with Crippen LogP contribution in [0.3, 0.4) is 0 Å². The fourth-order valence-corrected chi connectivity index (χ4v) is 7.09. The third kappa shape index (κ3) is 7.12. The van der Waals surface area contributed by atoms with Gasteiger partial charge in [-0.05, 0) is 72.9 Å². The molecule has 0 bridgehead atoms. The molecule has 250 valence electrons. The summed E-state index contributed by atoms with van der Waals surface area (Å²) in [6, 6.07) is 15.2. The maximum Gasteiger partial charge on any atom is 0.301 e. The molecule has 1 fully saturated rings. The predicted octanol–water partition coefficient (Wildman–Crippen LogP) is 7.19. The molecule has 13 heteroatoms. The van der Waals surface area contributed by atoms with Crippen LogP contribution in [-0.4, -0.2) is 53.4 Å². The second-order valence-electron chi connectivity index (χ2n) is 11.5. The largest absolute Gasteiger partial charge is 0.507 e. The molecule has 1 atom stereocenters. The number of aliphatic hydroxyl groups is 1. The molecule has 10 nitrogen and oxygen atoms in total. The van der Waals surface area contributed by atoms with Crippen molar-refractivity contribution >= 4 is 45.7 Å². The molecule has 1 aromatic heterocycles. The van der Waals surface area contributed by atoms with E-state index in [0.717, 1.165) is 23.3 Å². The molecule has 1 amide bonds. The summed E-state index contributed by atoms with van der Waals surface area (Å²) in [5, 5.41) is 20.4. The van der Waals surface area contributed by atoms with Gasteiger partial charge in [0.15, 0.2) is 27.3 Å². The van der Waals surface area contributed by atoms with E-state index in [4.69, 9.17) is 18.9 Å². The molecule has 0 spiro atoms. The highest BCUT2D eigenvalue weighted by molar-refractivity contribution is 8.00. The van der Waals surface area contributed by atoms with E-state index in [0.29, 0.717) is 71.0 Å². The van der Waals surface area contributed by atoms with Gasteiger partial charge < -0.3 is 24.1 Å². The quantitative estimate of drug-likeness (QED) is 0.0537. The summed E-state index contributed by atoms with van der Waals surface area (Å²) >= 11 is 2.51. The number of anilines is 1. The van der Waals surface area contributed by atoms with Gasteiger partial charge in [0.2, 0.25) is 5.13 Å². The number of ketones is 1. The number of Topliss-reactive ketones (excluding diaryl/α,β-unsaturated/α-hetero) is 1. The minimum absolute atomic E-state index is 0.122. The number of benzene rings is 3. The topological polar surface area (TPSA) is 120 Å². The molecule has 48 heavy (non-hydrogen) atoms. The van der Waals surface area contributed by atoms with Gasteiger partial charge in [0, 0.05) is 11.3 Å². The summed E-state index contributed by atoms with van der Waals surface area (Å²) in [6.45, 7) is 7.66. The van der Waals surface area contributed by atoms with Gasteiger partial charge in [-0.15, -0.1) is 10.2 Å². The van der Waals surface area contributed by atoms with Crippen molar-refractivity contribution in [2.45, 2.75) is 43.3 Å². The SMILES string of the molecule is CCOc1cc([C@@H]2C(=C(O)c3ccc4c(c3)OCCO4)C(=O)C(=O)N2c2nnc(SCc3ccc(F)cc3)s2)ccc1OCCC(C)C. The Kier molecular flexibility index (Phi) is 10.2. The monoisotopic (exact) mass is 691 g/mol. The van der Waals surface area contributed by atoms with Gasteiger partial charge in [-0.2, -0.15) is 0 Å². The number of aromatic nitrogens is 2. The minimum Gasteiger partial charge on any atom is -0.507 e. The van der Waals surface area contributed by atoms with Crippen molar-refractivity contribution in [1.82, 2.24) is 10.2 Å². The summed E-state index contributed by atoms with van der Waals surface area (Å²) in [4.78, 5) is 28.9. The first-order valence-corrected chi connectivity index (χ1v) is 17.3. The number of thioether (sulfide) groups is 1. The highest BCUT2D eigenvalue weighted by atomic mass is 32.2. The molecule has 0 radical (unpaired) electrons. The van der Waals surface area contributed by atoms with Gasteiger partial charge in [0.25, 0.3) is 5.78 Å². The number of carbonyl (C=O) groups excluding carboxylic acids is 2. The Bertz CT molecular complexity index is 1840. The maximum absolute atomic E-state index is 13.8. The summed E-state index contributed by atoms with van der Waals surface area (Å²) in [5.74, 6) is 0.423. The van der Waals surface area contributed by atoms with Crippen LogP contribution in [-0.2, 0) is 15.3 Å². The van der Waals surface area contributed by atoms with Gasteiger partial charge >= 0.3 is 5.91 Å². The van der Waals surface area contributed by atoms with Gasteiger partial charge in [0.1, 0.15) is 24.8 Å². The maximum atomic E-state index is 13.8. The Morgan fingerprint density at radius 2 is 1.79 bits per heavy atom. The number of nitrogens with zero attached hydrogens (tertiary/aromatic N) is 3. The van der Waals surface area contributed by atoms with Crippen LogP contribution in [0.4, 0.5) is 9.52 Å². The van der Waals surface area contributed by atoms with Crippen molar-refractivity contribution in [3.05, 3.63) is 88.7 Å². The molecule has 0 aliphatic carbocycles. The Labute approximate surface area is 285 Å². The molecule has 1 N–H and O–H groups in total. The van der Waals surface area contributed by atoms with E-state index in [1.807, 2.05) is 6.92 Å². The molecular formula is C35H34FN3O7S2. The van der Waals surface area contributed by atoms with Crippen LogP contribution in [0.25, 0.3) is 5.76 Å². The number of rotatable bonds is 12. The van der Waals surface area contributed by atoms with Crippen molar-refractivity contribution in [3.8, 4) is 23.0 Å². The van der Waals surface area contributed by atoms with E-state index in [9.17, 15) is 19.1 Å². The first-order chi connectivity index (χ1) is 23.2. The lowest BCUT2D eigenvalue weighted by atomic mass is 9.95. The van der Waals surface area contributed by atoms with E-state index < -0.39 is 17.7 Å². The first kappa shape index (κ1) is 33.3. The molecule has 6 rings (SSSR count). The van der Waals surface area contributed by atoms with E-state index in [2.05, 4.69) is 24.0 Å². The highest BCUT2D eigenvalue weighted by Gasteiger charge is 2.48. The van der Waals surface area contributed by atoms with Crippen LogP contribution < -0.4 is 23.8 Å². The van der Waals surface area contributed by atoms with Crippen LogP contribution in [0.1, 0.15) is 49.9 Å². The van der Waals surface area contributed by atoms with Crippen molar-refractivity contribution in [2.75, 3.05) is 31.3 Å². The zero-order valence-corrected chi connectivity index (χ0v) is 28.2. The van der Waals surface area contributed by atoms with Crippen molar-refractivity contribution in [3.63, 3.8) is 0 Å². The van der Waals surface area contributed by atoms with Crippen LogP contribution >= 0.6 is 23.1 Å². The number of aliphatic hydroxyl groups excluding tert-OH is 1. The number of fused-ring (bicyclic) bond motifs is 1. The Morgan fingerprint density at radius 3 is 2.54 bits per heavy atom. The zero-order chi connectivity index (χ0) is 33.8. The lowest BCUT2D eigenvalue weighted by Crippen LogP contribution is -2.29. The molecule has 0 saturated carbocycles. The summed E-state index contributed by atoms with van der Waals surface area (Å²) in [7, 11) is 0. The van der Waals surface area contributed by atoms with Gasteiger partial charge in [-0.3, -0.25) is 14.5 Å². The third-order valence-electron chi connectivity index (χ3n) is 7.67. The van der Waals surface area contributed by atoms with E-state index in [-0.39, 0.29) is 27.8 Å². The minimum atomic E-state index is -1.06. The van der Waals surface area contributed by atoms with Crippen LogP contribution in [0.2, 0.25) is 0 Å². The van der Waals surface area contributed by atoms with Gasteiger partial charge in [-0.1, -0.05) is 55.1 Å². The summed E-state index contributed by atoms with van der Waals surface area (Å²) in [6.07, 6.45) is 0.849. The zero-order valence-electron chi connectivity index (χ0n) is 26.6. The Balaban J connectivity index is 1.40. The molecule has 1 saturated heterocycles. The standard InChI is InChI=1S/C35H34FN3O7S2/c1-4-43-27-17-22(7-11-25(27)44-14-13-20(2)3)30-29(31(40)23-8-12-26-28(18-23)46-16-15-45-26)32(41)33(42)39(30)34-37-38-35(48-34)47-19-21-5-9-24(36)10-6-21/h5-12,17-18,20,30,40H,4,13-16,19H2,1-3H3/t30-/m1/s1. The Hall–Kier alpha value is -4.62. The molecule has 3 aromatic carbocycles. The molecular weight excluding hydrogens is 658 g/mol. The van der Waals surface area contributed by atoms with E-state index in [1.54, 1.807) is 48.5 Å². The average Bonchev–Trinajstić information content (AvgIpc) is 3.66. The fraction of sp³-hybridized carbons (Fsp3) is 0.314. The van der Waals surface area contributed by atoms with Gasteiger partial charge in [-0.25, -0.2) is 4.39 Å².